The first kappa shape index (κ1) is 20.0. The summed E-state index contributed by atoms with van der Waals surface area (Å²) in [5, 5.41) is 0. The van der Waals surface area contributed by atoms with Gasteiger partial charge in [-0.25, -0.2) is 0 Å². The first-order chi connectivity index (χ1) is 15.3. The van der Waals surface area contributed by atoms with E-state index in [1.807, 2.05) is 12.1 Å². The molecule has 0 radical (unpaired) electrons. The molecule has 4 heteroatoms. The summed E-state index contributed by atoms with van der Waals surface area (Å²) in [4.78, 5) is 0. The zero-order chi connectivity index (χ0) is 21.0. The fraction of sp³-hybridized carbons (Fsp3) is 0.148. The number of rotatable bonds is 2. The van der Waals surface area contributed by atoms with E-state index in [9.17, 15) is 0 Å². The Balaban J connectivity index is 1.53. The fourth-order valence-electron chi connectivity index (χ4n) is 3.89. The van der Waals surface area contributed by atoms with Crippen LogP contribution < -0.4 is 5.73 Å². The van der Waals surface area contributed by atoms with Crippen LogP contribution in [-0.4, -0.2) is 51.5 Å². The molecule has 0 aromatic heterocycles. The van der Waals surface area contributed by atoms with E-state index in [0.717, 1.165) is 32.0 Å². The molecular formula is C27H25N2OSe+. The molecule has 3 nitrogen and oxygen atoms in total. The zero-order valence-electron chi connectivity index (χ0n) is 17.3. The maximum atomic E-state index is 5.93. The van der Waals surface area contributed by atoms with Crippen molar-refractivity contribution in [3.05, 3.63) is 112 Å². The van der Waals surface area contributed by atoms with Gasteiger partial charge in [0, 0.05) is 0 Å². The first-order valence-corrected chi connectivity index (χ1v) is 12.3. The second-order valence-corrected chi connectivity index (χ2v) is 9.98. The molecule has 0 unspecified atom stereocenters. The molecular weight excluding hydrogens is 447 g/mol. The number of hydrogen-bond donors (Lipinski definition) is 1. The third kappa shape index (κ3) is 4.57. The molecule has 0 saturated carbocycles. The van der Waals surface area contributed by atoms with Gasteiger partial charge < -0.3 is 0 Å². The van der Waals surface area contributed by atoms with Gasteiger partial charge in [0.1, 0.15) is 0 Å². The van der Waals surface area contributed by atoms with Gasteiger partial charge in [-0.1, -0.05) is 0 Å². The van der Waals surface area contributed by atoms with Crippen molar-refractivity contribution in [2.75, 3.05) is 32.0 Å². The SMILES string of the molecule is Nc1ccc(C2=CC(c3ccccc3)=CC(=C3C=CC(=[N+]4CCOCC4)C=C3)[Se]2)cc1. The molecule has 1 fully saturated rings. The van der Waals surface area contributed by atoms with Gasteiger partial charge in [0.25, 0.3) is 0 Å². The van der Waals surface area contributed by atoms with E-state index in [4.69, 9.17) is 10.5 Å². The first-order valence-electron chi connectivity index (χ1n) is 10.6. The Morgan fingerprint density at radius 1 is 0.774 bits per heavy atom. The van der Waals surface area contributed by atoms with Crippen LogP contribution in [0.4, 0.5) is 5.69 Å². The number of anilines is 1. The molecule has 0 atom stereocenters. The summed E-state index contributed by atoms with van der Waals surface area (Å²) in [6.45, 7) is 3.53. The number of nitrogens with zero attached hydrogens (tertiary/aromatic N) is 1. The Morgan fingerprint density at radius 3 is 2.19 bits per heavy atom. The van der Waals surface area contributed by atoms with E-state index >= 15 is 0 Å². The van der Waals surface area contributed by atoms with Crippen molar-refractivity contribution < 1.29 is 9.31 Å². The van der Waals surface area contributed by atoms with Crippen LogP contribution in [0, 0.1) is 0 Å². The average molecular weight is 472 g/mol. The number of morpholine rings is 1. The molecule has 154 valence electrons. The summed E-state index contributed by atoms with van der Waals surface area (Å²) in [7, 11) is 0. The number of hydrogen-bond acceptors (Lipinski definition) is 2. The van der Waals surface area contributed by atoms with Crippen LogP contribution in [0.2, 0.25) is 0 Å². The number of nitrogen functional groups attached to an aromatic ring is 1. The summed E-state index contributed by atoms with van der Waals surface area (Å²) in [6.07, 6.45) is 13.7. The van der Waals surface area contributed by atoms with Crippen LogP contribution in [0.15, 0.2) is 101 Å². The van der Waals surface area contributed by atoms with Crippen LogP contribution in [0.5, 0.6) is 0 Å². The molecule has 2 N–H and O–H groups in total. The van der Waals surface area contributed by atoms with E-state index < -0.39 is 0 Å². The molecule has 2 aliphatic heterocycles. The van der Waals surface area contributed by atoms with Crippen LogP contribution in [-0.2, 0) is 4.74 Å². The van der Waals surface area contributed by atoms with Gasteiger partial charge in [-0.05, 0) is 0 Å². The Morgan fingerprint density at radius 2 is 1.48 bits per heavy atom. The molecule has 3 aliphatic rings. The molecule has 2 heterocycles. The number of benzene rings is 2. The topological polar surface area (TPSA) is 38.3 Å². The van der Waals surface area contributed by atoms with E-state index in [0.29, 0.717) is 0 Å². The van der Waals surface area contributed by atoms with Crippen LogP contribution in [0.3, 0.4) is 0 Å². The molecule has 31 heavy (non-hydrogen) atoms. The minimum atomic E-state index is 0.217. The van der Waals surface area contributed by atoms with Gasteiger partial charge in [-0.15, -0.1) is 0 Å². The molecule has 0 spiro atoms. The van der Waals surface area contributed by atoms with E-state index in [1.165, 1.54) is 36.9 Å². The predicted molar refractivity (Wildman–Crippen MR) is 130 cm³/mol. The normalized spacial score (nSPS) is 18.8. The van der Waals surface area contributed by atoms with Gasteiger partial charge in [0.2, 0.25) is 0 Å². The predicted octanol–water partition coefficient (Wildman–Crippen LogP) is 4.27. The van der Waals surface area contributed by atoms with E-state index in [-0.39, 0.29) is 15.0 Å². The Bertz CT molecular complexity index is 1140. The Hall–Kier alpha value is -2.91. The van der Waals surface area contributed by atoms with E-state index in [1.54, 1.807) is 0 Å². The monoisotopic (exact) mass is 473 g/mol. The van der Waals surface area contributed by atoms with Crippen LogP contribution >= 0.6 is 0 Å². The quantitative estimate of drug-likeness (QED) is 0.403. The number of ether oxygens (including phenoxy) is 1. The molecule has 5 rings (SSSR count). The molecule has 1 aliphatic carbocycles. The number of allylic oxidation sites excluding steroid dienone is 9. The molecule has 0 bridgehead atoms. The van der Waals surface area contributed by atoms with Crippen molar-refractivity contribution in [2.24, 2.45) is 0 Å². The van der Waals surface area contributed by atoms with E-state index in [2.05, 4.69) is 83.5 Å². The van der Waals surface area contributed by atoms with Crippen molar-refractivity contribution in [1.29, 1.82) is 0 Å². The van der Waals surface area contributed by atoms with Gasteiger partial charge in [-0.2, -0.15) is 0 Å². The summed E-state index contributed by atoms with van der Waals surface area (Å²) < 4.78 is 10.7. The third-order valence-electron chi connectivity index (χ3n) is 5.62. The molecule has 2 aromatic carbocycles. The molecule has 2 aromatic rings. The second kappa shape index (κ2) is 9.07. The molecule has 0 amide bonds. The van der Waals surface area contributed by atoms with Crippen molar-refractivity contribution in [2.45, 2.75) is 0 Å². The Kier molecular flexibility index (Phi) is 5.86. The van der Waals surface area contributed by atoms with Crippen LogP contribution in [0.25, 0.3) is 10.0 Å². The number of nitrogens with two attached hydrogens (primary N) is 1. The maximum absolute atomic E-state index is 5.93. The summed E-state index contributed by atoms with van der Waals surface area (Å²) in [5.41, 5.74) is 13.0. The third-order valence-corrected chi connectivity index (χ3v) is 8.03. The van der Waals surface area contributed by atoms with Crippen LogP contribution in [0.1, 0.15) is 11.1 Å². The minimum absolute atomic E-state index is 0.217. The second-order valence-electron chi connectivity index (χ2n) is 7.71. The average Bonchev–Trinajstić information content (AvgIpc) is 2.85. The Labute approximate surface area is 189 Å². The van der Waals surface area contributed by atoms with Gasteiger partial charge >= 0.3 is 190 Å². The van der Waals surface area contributed by atoms with Gasteiger partial charge in [0.05, 0.1) is 0 Å². The summed E-state index contributed by atoms with van der Waals surface area (Å²) >= 11 is 0.217. The van der Waals surface area contributed by atoms with Crippen molar-refractivity contribution in [3.8, 4) is 0 Å². The van der Waals surface area contributed by atoms with Crippen molar-refractivity contribution in [1.82, 2.24) is 0 Å². The fourth-order valence-corrected chi connectivity index (χ4v) is 6.23. The summed E-state index contributed by atoms with van der Waals surface area (Å²) in [5.74, 6) is 0. The van der Waals surface area contributed by atoms with Crippen molar-refractivity contribution >= 4 is 36.4 Å². The zero-order valence-corrected chi connectivity index (χ0v) is 19.0. The van der Waals surface area contributed by atoms with Gasteiger partial charge in [0.15, 0.2) is 0 Å². The standard InChI is InChI=1S/C27H24N2OSe/c28-24-10-6-21(7-11-24)26-18-23(20-4-2-1-3-5-20)19-27(31-26)22-8-12-25(13-9-22)29-14-16-30-17-15-29/h1-13,18-19,28H,14-17H2/p+1. The van der Waals surface area contributed by atoms with Crippen molar-refractivity contribution in [3.63, 3.8) is 0 Å². The van der Waals surface area contributed by atoms with Gasteiger partial charge in [-0.3, -0.25) is 0 Å². The molecule has 1 saturated heterocycles. The summed E-state index contributed by atoms with van der Waals surface area (Å²) in [6, 6.07) is 18.9.